The van der Waals surface area contributed by atoms with E-state index in [9.17, 15) is 4.79 Å². The number of benzene rings is 2. The molecule has 5 rings (SSSR count). The molecule has 1 atom stereocenters. The molecule has 0 spiro atoms. The third kappa shape index (κ3) is 4.51. The number of halogens is 1. The third-order valence-electron chi connectivity index (χ3n) is 5.12. The Bertz CT molecular complexity index is 1230. The first-order valence-corrected chi connectivity index (χ1v) is 10.2. The van der Waals surface area contributed by atoms with Crippen LogP contribution in [0, 0.1) is 0 Å². The number of fused-ring (bicyclic) bond motifs is 1. The van der Waals surface area contributed by atoms with Crippen LogP contribution in [0.4, 0.5) is 17.5 Å². The minimum atomic E-state index is -0.279. The maximum absolute atomic E-state index is 12.8. The lowest BCUT2D eigenvalue weighted by molar-refractivity contribution is 0.321. The van der Waals surface area contributed by atoms with Crippen LogP contribution in [0.25, 0.3) is 10.9 Å². The van der Waals surface area contributed by atoms with Gasteiger partial charge >= 0.3 is 0 Å². The van der Waals surface area contributed by atoms with Crippen LogP contribution in [0.5, 0.6) is 5.75 Å². The molecule has 0 saturated carbocycles. The number of rotatable bonds is 6. The van der Waals surface area contributed by atoms with Crippen molar-refractivity contribution in [2.75, 3.05) is 23.5 Å². The predicted molar refractivity (Wildman–Crippen MR) is 128 cm³/mol. The highest BCUT2D eigenvalue weighted by Gasteiger charge is 2.22. The highest BCUT2D eigenvalue weighted by atomic mass is 35.5. The van der Waals surface area contributed by atoms with Crippen molar-refractivity contribution < 1.29 is 4.84 Å². The Morgan fingerprint density at radius 3 is 2.47 bits per heavy atom. The molecule has 0 aliphatic carbocycles. The summed E-state index contributed by atoms with van der Waals surface area (Å²) in [5, 5.41) is 8.65. The number of para-hydroxylation sites is 2. The van der Waals surface area contributed by atoms with Gasteiger partial charge in [-0.25, -0.2) is 4.98 Å². The van der Waals surface area contributed by atoms with Gasteiger partial charge in [0.05, 0.1) is 11.2 Å². The van der Waals surface area contributed by atoms with Crippen LogP contribution in [-0.2, 0) is 0 Å². The van der Waals surface area contributed by atoms with Crippen LogP contribution in [0.3, 0.4) is 0 Å². The van der Waals surface area contributed by atoms with Gasteiger partial charge in [-0.3, -0.25) is 4.79 Å². The normalized spacial score (nSPS) is 15.2. The molecule has 3 N–H and O–H groups in total. The maximum Gasteiger partial charge on any atom is 0.261 e. The minimum Gasteiger partial charge on any atom is -0.373 e. The zero-order valence-corrected chi connectivity index (χ0v) is 18.0. The van der Waals surface area contributed by atoms with Crippen molar-refractivity contribution in [2.24, 2.45) is 0 Å². The largest absolute Gasteiger partial charge is 0.373 e. The van der Waals surface area contributed by atoms with Crippen molar-refractivity contribution in [3.05, 3.63) is 83.3 Å². The molecule has 1 saturated heterocycles. The van der Waals surface area contributed by atoms with Crippen molar-refractivity contribution in [1.29, 1.82) is 0 Å². The fourth-order valence-electron chi connectivity index (χ4n) is 3.61. The van der Waals surface area contributed by atoms with E-state index in [1.54, 1.807) is 17.3 Å². The first-order chi connectivity index (χ1) is 15.3. The summed E-state index contributed by atoms with van der Waals surface area (Å²) in [5.74, 6) is 1.45. The molecule has 0 radical (unpaired) electrons. The number of aromatic nitrogens is 3. The summed E-state index contributed by atoms with van der Waals surface area (Å²) in [6.07, 6.45) is 2.57. The van der Waals surface area contributed by atoms with Gasteiger partial charge in [-0.05, 0) is 43.3 Å². The Hall–Kier alpha value is -3.62. The molecule has 1 aliphatic rings. The van der Waals surface area contributed by atoms with Crippen LogP contribution in [-0.4, -0.2) is 34.1 Å². The smallest absolute Gasteiger partial charge is 0.261 e. The van der Waals surface area contributed by atoms with E-state index in [0.717, 1.165) is 25.2 Å². The molecule has 32 heavy (non-hydrogen) atoms. The van der Waals surface area contributed by atoms with Crippen LogP contribution >= 0.6 is 12.4 Å². The van der Waals surface area contributed by atoms with E-state index >= 15 is 0 Å². The second-order valence-corrected chi connectivity index (χ2v) is 7.31. The van der Waals surface area contributed by atoms with E-state index in [-0.39, 0.29) is 24.0 Å². The number of pyridine rings is 1. The summed E-state index contributed by atoms with van der Waals surface area (Å²) in [5.41, 5.74) is 1.00. The topological polar surface area (TPSA) is 95.2 Å². The summed E-state index contributed by atoms with van der Waals surface area (Å²) in [4.78, 5) is 31.1. The number of anilines is 3. The maximum atomic E-state index is 12.8. The third-order valence-corrected chi connectivity index (χ3v) is 5.12. The van der Waals surface area contributed by atoms with Gasteiger partial charge in [0, 0.05) is 18.8 Å². The van der Waals surface area contributed by atoms with Gasteiger partial charge in [0.2, 0.25) is 5.95 Å². The predicted octanol–water partition coefficient (Wildman–Crippen LogP) is 3.65. The Kier molecular flexibility index (Phi) is 6.53. The van der Waals surface area contributed by atoms with Gasteiger partial charge in [0.1, 0.15) is 5.39 Å². The van der Waals surface area contributed by atoms with Crippen molar-refractivity contribution in [2.45, 2.75) is 12.5 Å². The zero-order chi connectivity index (χ0) is 21.0. The summed E-state index contributed by atoms with van der Waals surface area (Å²) >= 11 is 0. The first kappa shape index (κ1) is 21.6. The fourth-order valence-corrected chi connectivity index (χ4v) is 3.61. The molecule has 0 bridgehead atoms. The van der Waals surface area contributed by atoms with Crippen LogP contribution in [0.1, 0.15) is 6.42 Å². The Labute approximate surface area is 191 Å². The quantitative estimate of drug-likeness (QED) is 0.386. The highest BCUT2D eigenvalue weighted by Crippen LogP contribution is 2.30. The average molecular weight is 451 g/mol. The standard InChI is InChI=1S/C23H22N6O2.ClH/c30-22-20-19(12-14-25-22)27-23(26-16-11-13-24-15-16)28-21(20)29(17-7-3-1-4-8-17)31-18-9-5-2-6-10-18;/h1-10,12,14,16,24H,11,13,15H2,(H,25,30)(H,26,27,28);1H. The monoisotopic (exact) mass is 450 g/mol. The molecule has 1 unspecified atom stereocenters. The van der Waals surface area contributed by atoms with Crippen LogP contribution in [0.2, 0.25) is 0 Å². The summed E-state index contributed by atoms with van der Waals surface area (Å²) in [6.45, 7) is 1.79. The molecule has 164 valence electrons. The van der Waals surface area contributed by atoms with E-state index in [4.69, 9.17) is 9.82 Å². The molecule has 1 aliphatic heterocycles. The lowest BCUT2D eigenvalue weighted by Gasteiger charge is -2.25. The zero-order valence-electron chi connectivity index (χ0n) is 17.2. The fraction of sp³-hybridized carbons (Fsp3) is 0.174. The van der Waals surface area contributed by atoms with Gasteiger partial charge in [-0.2, -0.15) is 10.0 Å². The second-order valence-electron chi connectivity index (χ2n) is 7.31. The first-order valence-electron chi connectivity index (χ1n) is 10.2. The van der Waals surface area contributed by atoms with Crippen molar-refractivity contribution >= 4 is 40.8 Å². The number of hydrogen-bond donors (Lipinski definition) is 3. The number of hydrogen-bond acceptors (Lipinski definition) is 7. The Balaban J connectivity index is 0.00000245. The molecule has 8 nitrogen and oxygen atoms in total. The summed E-state index contributed by atoms with van der Waals surface area (Å²) in [6, 6.07) is 21.0. The molecule has 0 amide bonds. The van der Waals surface area contributed by atoms with Crippen LogP contribution < -0.4 is 26.1 Å². The number of aromatic amines is 1. The van der Waals surface area contributed by atoms with Gasteiger partial charge < -0.3 is 20.5 Å². The van der Waals surface area contributed by atoms with E-state index in [2.05, 4.69) is 20.6 Å². The second kappa shape index (κ2) is 9.67. The molecule has 3 heterocycles. The van der Waals surface area contributed by atoms with E-state index in [0.29, 0.717) is 28.4 Å². The Morgan fingerprint density at radius 2 is 1.75 bits per heavy atom. The SMILES string of the molecule is Cl.O=c1[nH]ccc2nc(NC3CCNC3)nc(N(Oc3ccccc3)c3ccccc3)c12. The van der Waals surface area contributed by atoms with Crippen LogP contribution in [0.15, 0.2) is 77.7 Å². The van der Waals surface area contributed by atoms with Crippen molar-refractivity contribution in [1.82, 2.24) is 20.3 Å². The molecule has 2 aromatic heterocycles. The molecule has 9 heteroatoms. The lowest BCUT2D eigenvalue weighted by atomic mass is 10.2. The van der Waals surface area contributed by atoms with Crippen molar-refractivity contribution in [3.8, 4) is 5.75 Å². The van der Waals surface area contributed by atoms with Gasteiger partial charge in [-0.1, -0.05) is 36.4 Å². The van der Waals surface area contributed by atoms with Gasteiger partial charge in [0.15, 0.2) is 11.6 Å². The van der Waals surface area contributed by atoms with E-state index in [1.807, 2.05) is 60.7 Å². The van der Waals surface area contributed by atoms with E-state index < -0.39 is 0 Å². The Morgan fingerprint density at radius 1 is 1.00 bits per heavy atom. The molecule has 2 aromatic carbocycles. The molecular weight excluding hydrogens is 428 g/mol. The number of nitrogens with one attached hydrogen (secondary N) is 3. The molecule has 4 aromatic rings. The number of H-pyrrole nitrogens is 1. The van der Waals surface area contributed by atoms with Gasteiger partial charge in [-0.15, -0.1) is 12.4 Å². The summed E-state index contributed by atoms with van der Waals surface area (Å²) < 4.78 is 0. The van der Waals surface area contributed by atoms with Gasteiger partial charge in [0.25, 0.3) is 5.56 Å². The molecule has 1 fully saturated rings. The number of nitrogens with zero attached hydrogens (tertiary/aromatic N) is 3. The van der Waals surface area contributed by atoms with Crippen molar-refractivity contribution in [3.63, 3.8) is 0 Å². The molecular formula is C23H23ClN6O2. The lowest BCUT2D eigenvalue weighted by Crippen LogP contribution is -2.27. The minimum absolute atomic E-state index is 0. The highest BCUT2D eigenvalue weighted by molar-refractivity contribution is 5.91. The average Bonchev–Trinajstić information content (AvgIpc) is 3.31. The van der Waals surface area contributed by atoms with E-state index in [1.165, 1.54) is 0 Å². The summed E-state index contributed by atoms with van der Waals surface area (Å²) in [7, 11) is 0.